The topological polar surface area (TPSA) is 25.0 Å². The Kier molecular flexibility index (Phi) is 3.13. The summed E-state index contributed by atoms with van der Waals surface area (Å²) in [5.74, 6) is 0.557. The Hall–Kier alpha value is -1.28. The van der Waals surface area contributed by atoms with Crippen molar-refractivity contribution >= 4 is 10.9 Å². The number of rotatable bonds is 2. The molecule has 0 bridgehead atoms. The number of aromatic amines is 1. The van der Waals surface area contributed by atoms with Gasteiger partial charge in [-0.1, -0.05) is 19.9 Å². The molecular formula is C16H21NO. The number of hydrogen-bond acceptors (Lipinski definition) is 1. The van der Waals surface area contributed by atoms with Gasteiger partial charge in [0.2, 0.25) is 0 Å². The molecule has 1 atom stereocenters. The van der Waals surface area contributed by atoms with Crippen LogP contribution in [0.4, 0.5) is 0 Å². The summed E-state index contributed by atoms with van der Waals surface area (Å²) < 4.78 is 5.88. The lowest BCUT2D eigenvalue weighted by atomic mass is 9.97. The first-order chi connectivity index (χ1) is 8.75. The normalized spacial score (nSPS) is 20.7. The fourth-order valence-corrected chi connectivity index (χ4v) is 2.84. The van der Waals surface area contributed by atoms with Crippen LogP contribution in [0, 0.1) is 0 Å². The second-order valence-electron chi connectivity index (χ2n) is 5.56. The smallest absolute Gasteiger partial charge is 0.0825 e. The van der Waals surface area contributed by atoms with E-state index in [1.165, 1.54) is 34.9 Å². The fourth-order valence-electron chi connectivity index (χ4n) is 2.84. The maximum atomic E-state index is 5.88. The van der Waals surface area contributed by atoms with E-state index in [0.717, 1.165) is 13.0 Å². The molecule has 96 valence electrons. The van der Waals surface area contributed by atoms with Crippen LogP contribution in [0.2, 0.25) is 0 Å². The third-order valence-electron chi connectivity index (χ3n) is 3.91. The molecule has 18 heavy (non-hydrogen) atoms. The van der Waals surface area contributed by atoms with Crippen molar-refractivity contribution in [2.75, 3.05) is 6.61 Å². The van der Waals surface area contributed by atoms with Gasteiger partial charge >= 0.3 is 0 Å². The molecule has 1 fully saturated rings. The molecule has 0 saturated carbocycles. The van der Waals surface area contributed by atoms with E-state index >= 15 is 0 Å². The molecule has 3 rings (SSSR count). The van der Waals surface area contributed by atoms with E-state index in [2.05, 4.69) is 43.2 Å². The SMILES string of the molecule is CC(C)c1c[nH]c2ccc(C3CCCCO3)cc12. The average molecular weight is 243 g/mol. The van der Waals surface area contributed by atoms with Crippen molar-refractivity contribution in [1.82, 2.24) is 4.98 Å². The van der Waals surface area contributed by atoms with Gasteiger partial charge in [0.05, 0.1) is 6.10 Å². The van der Waals surface area contributed by atoms with E-state index in [4.69, 9.17) is 4.74 Å². The molecule has 1 saturated heterocycles. The van der Waals surface area contributed by atoms with Crippen LogP contribution >= 0.6 is 0 Å². The van der Waals surface area contributed by atoms with Crippen LogP contribution in [0.3, 0.4) is 0 Å². The fraction of sp³-hybridized carbons (Fsp3) is 0.500. The number of fused-ring (bicyclic) bond motifs is 1. The summed E-state index contributed by atoms with van der Waals surface area (Å²) in [5.41, 5.74) is 3.98. The van der Waals surface area contributed by atoms with Gasteiger partial charge in [-0.3, -0.25) is 0 Å². The molecule has 2 heterocycles. The predicted molar refractivity (Wildman–Crippen MR) is 74.9 cm³/mol. The zero-order valence-corrected chi connectivity index (χ0v) is 11.2. The van der Waals surface area contributed by atoms with Crippen LogP contribution < -0.4 is 0 Å². The van der Waals surface area contributed by atoms with E-state index in [1.54, 1.807) is 0 Å². The minimum atomic E-state index is 0.304. The second kappa shape index (κ2) is 4.77. The molecule has 1 aliphatic rings. The highest BCUT2D eigenvalue weighted by molar-refractivity contribution is 5.84. The molecule has 2 aromatic rings. The van der Waals surface area contributed by atoms with Gasteiger partial charge in [-0.05, 0) is 48.4 Å². The molecule has 1 N–H and O–H groups in total. The van der Waals surface area contributed by atoms with Gasteiger partial charge in [0, 0.05) is 23.7 Å². The first kappa shape index (κ1) is 11.8. The number of hydrogen-bond donors (Lipinski definition) is 1. The lowest BCUT2D eigenvalue weighted by molar-refractivity contribution is 0.0150. The molecule has 0 radical (unpaired) electrons. The molecule has 0 amide bonds. The van der Waals surface area contributed by atoms with E-state index in [0.29, 0.717) is 12.0 Å². The lowest BCUT2D eigenvalue weighted by Crippen LogP contribution is -2.11. The van der Waals surface area contributed by atoms with Gasteiger partial charge in [-0.2, -0.15) is 0 Å². The van der Waals surface area contributed by atoms with Crippen LogP contribution in [-0.2, 0) is 4.74 Å². The van der Waals surface area contributed by atoms with Crippen molar-refractivity contribution < 1.29 is 4.74 Å². The van der Waals surface area contributed by atoms with Crippen molar-refractivity contribution in [2.45, 2.75) is 45.1 Å². The zero-order chi connectivity index (χ0) is 12.5. The van der Waals surface area contributed by atoms with Crippen LogP contribution in [0.15, 0.2) is 24.4 Å². The summed E-state index contributed by atoms with van der Waals surface area (Å²) >= 11 is 0. The Morgan fingerprint density at radius 3 is 2.89 bits per heavy atom. The number of H-pyrrole nitrogens is 1. The van der Waals surface area contributed by atoms with E-state index < -0.39 is 0 Å². The molecule has 2 nitrogen and oxygen atoms in total. The largest absolute Gasteiger partial charge is 0.374 e. The van der Waals surface area contributed by atoms with Crippen LogP contribution in [0.1, 0.15) is 56.3 Å². The third kappa shape index (κ3) is 2.05. The number of ether oxygens (including phenoxy) is 1. The Labute approximate surface area is 108 Å². The molecule has 1 aromatic heterocycles. The third-order valence-corrected chi connectivity index (χ3v) is 3.91. The summed E-state index contributed by atoms with van der Waals surface area (Å²) in [6.07, 6.45) is 6.10. The molecule has 0 aliphatic carbocycles. The zero-order valence-electron chi connectivity index (χ0n) is 11.2. The summed E-state index contributed by atoms with van der Waals surface area (Å²) in [4.78, 5) is 3.36. The maximum Gasteiger partial charge on any atom is 0.0825 e. The Bertz CT molecular complexity index is 535. The Morgan fingerprint density at radius 1 is 1.28 bits per heavy atom. The number of nitrogens with one attached hydrogen (secondary N) is 1. The molecule has 2 heteroatoms. The summed E-state index contributed by atoms with van der Waals surface area (Å²) in [7, 11) is 0. The minimum absolute atomic E-state index is 0.304. The quantitative estimate of drug-likeness (QED) is 0.823. The van der Waals surface area contributed by atoms with Crippen molar-refractivity contribution in [3.63, 3.8) is 0 Å². The molecule has 0 spiro atoms. The van der Waals surface area contributed by atoms with Gasteiger partial charge in [0.25, 0.3) is 0 Å². The van der Waals surface area contributed by atoms with Crippen LogP contribution in [0.25, 0.3) is 10.9 Å². The molecule has 1 unspecified atom stereocenters. The average Bonchev–Trinajstić information content (AvgIpc) is 2.82. The highest BCUT2D eigenvalue weighted by atomic mass is 16.5. The van der Waals surface area contributed by atoms with Gasteiger partial charge in [0.15, 0.2) is 0 Å². The van der Waals surface area contributed by atoms with Crippen molar-refractivity contribution in [1.29, 1.82) is 0 Å². The minimum Gasteiger partial charge on any atom is -0.374 e. The number of benzene rings is 1. The number of aromatic nitrogens is 1. The second-order valence-corrected chi connectivity index (χ2v) is 5.56. The van der Waals surface area contributed by atoms with Crippen molar-refractivity contribution in [2.24, 2.45) is 0 Å². The Morgan fingerprint density at radius 2 is 2.17 bits per heavy atom. The standard InChI is InChI=1S/C16H21NO/c1-11(2)14-10-17-15-7-6-12(9-13(14)15)16-5-3-4-8-18-16/h6-7,9-11,16-17H,3-5,8H2,1-2H3. The highest BCUT2D eigenvalue weighted by Crippen LogP contribution is 2.32. The Balaban J connectivity index is 2.00. The van der Waals surface area contributed by atoms with E-state index in [9.17, 15) is 0 Å². The van der Waals surface area contributed by atoms with Crippen molar-refractivity contribution in [3.8, 4) is 0 Å². The van der Waals surface area contributed by atoms with Gasteiger partial charge in [-0.25, -0.2) is 0 Å². The lowest BCUT2D eigenvalue weighted by Gasteiger charge is -2.23. The molecule has 1 aromatic carbocycles. The van der Waals surface area contributed by atoms with Gasteiger partial charge in [0.1, 0.15) is 0 Å². The first-order valence-electron chi connectivity index (χ1n) is 6.98. The van der Waals surface area contributed by atoms with Gasteiger partial charge < -0.3 is 9.72 Å². The summed E-state index contributed by atoms with van der Waals surface area (Å²) in [5, 5.41) is 1.36. The molecule has 1 aliphatic heterocycles. The van der Waals surface area contributed by atoms with Crippen LogP contribution in [-0.4, -0.2) is 11.6 Å². The van der Waals surface area contributed by atoms with E-state index in [-0.39, 0.29) is 0 Å². The highest BCUT2D eigenvalue weighted by Gasteiger charge is 2.17. The van der Waals surface area contributed by atoms with E-state index in [1.807, 2.05) is 0 Å². The van der Waals surface area contributed by atoms with Crippen LogP contribution in [0.5, 0.6) is 0 Å². The maximum absolute atomic E-state index is 5.88. The summed E-state index contributed by atoms with van der Waals surface area (Å²) in [6, 6.07) is 6.71. The monoisotopic (exact) mass is 243 g/mol. The van der Waals surface area contributed by atoms with Crippen molar-refractivity contribution in [3.05, 3.63) is 35.5 Å². The molecular weight excluding hydrogens is 222 g/mol. The predicted octanol–water partition coefficient (Wildman–Crippen LogP) is 4.53. The van der Waals surface area contributed by atoms with Gasteiger partial charge in [-0.15, -0.1) is 0 Å². The first-order valence-corrected chi connectivity index (χ1v) is 6.98. The summed E-state index contributed by atoms with van der Waals surface area (Å²) in [6.45, 7) is 5.39.